The molecule has 1 aromatic heterocycles. The van der Waals surface area contributed by atoms with E-state index in [0.717, 1.165) is 44.8 Å². The van der Waals surface area contributed by atoms with E-state index in [1.54, 1.807) is 12.1 Å². The number of nitrogens with two attached hydrogens (primary N) is 1. The van der Waals surface area contributed by atoms with Crippen molar-refractivity contribution in [2.24, 2.45) is 5.73 Å². The molecule has 2 N–H and O–H groups in total. The van der Waals surface area contributed by atoms with Crippen LogP contribution >= 0.6 is 0 Å². The van der Waals surface area contributed by atoms with Gasteiger partial charge in [0.05, 0.1) is 5.92 Å². The van der Waals surface area contributed by atoms with Gasteiger partial charge in [-0.15, -0.1) is 0 Å². The average molecular weight is 501 g/mol. The zero-order valence-corrected chi connectivity index (χ0v) is 20.9. The molecular weight excluding hydrogens is 476 g/mol. The highest BCUT2D eigenvalue weighted by Gasteiger charge is 2.32. The number of furan rings is 1. The summed E-state index contributed by atoms with van der Waals surface area (Å²) < 4.78 is 17.4. The Morgan fingerprint density at radius 2 is 1.82 bits per heavy atom. The van der Waals surface area contributed by atoms with Gasteiger partial charge in [0.1, 0.15) is 28.7 Å². The standard InChI is InChI=1S/C32H24N2O4/c1-3-19-11-14-27-25(15-19)18(2)30(37-27)32(35)36-21-12-13-24-28(16-21)38-31(34)26(17-33)29(24)23-10-6-8-20-7-4-5-9-22(20)23/h4-16,29H,3,34H2,1-2H3. The Morgan fingerprint density at radius 3 is 2.63 bits per heavy atom. The molecule has 4 aromatic carbocycles. The second-order valence-corrected chi connectivity index (χ2v) is 9.32. The van der Waals surface area contributed by atoms with Crippen LogP contribution in [0.5, 0.6) is 11.5 Å². The highest BCUT2D eigenvalue weighted by atomic mass is 16.5. The van der Waals surface area contributed by atoms with E-state index in [1.807, 2.05) is 73.7 Å². The molecule has 0 aliphatic carbocycles. The van der Waals surface area contributed by atoms with E-state index in [1.165, 1.54) is 0 Å². The molecule has 0 saturated carbocycles. The monoisotopic (exact) mass is 500 g/mol. The summed E-state index contributed by atoms with van der Waals surface area (Å²) in [5.74, 6) is -0.122. The number of nitrogens with zero attached hydrogens (tertiary/aromatic N) is 1. The summed E-state index contributed by atoms with van der Waals surface area (Å²) in [4.78, 5) is 13.1. The lowest BCUT2D eigenvalue weighted by Gasteiger charge is -2.27. The van der Waals surface area contributed by atoms with Crippen LogP contribution in [-0.4, -0.2) is 5.97 Å². The number of ether oxygens (including phenoxy) is 2. The summed E-state index contributed by atoms with van der Waals surface area (Å²) in [6, 6.07) is 27.3. The van der Waals surface area contributed by atoms with Gasteiger partial charge in [-0.1, -0.05) is 61.5 Å². The number of nitriles is 1. The van der Waals surface area contributed by atoms with E-state index in [-0.39, 0.29) is 17.4 Å². The lowest BCUT2D eigenvalue weighted by molar-refractivity contribution is 0.0702. The Balaban J connectivity index is 1.37. The number of carbonyl (C=O) groups excluding carboxylic acids is 1. The number of allylic oxidation sites excluding steroid dienone is 1. The van der Waals surface area contributed by atoms with Gasteiger partial charge in [0.25, 0.3) is 0 Å². The van der Waals surface area contributed by atoms with Gasteiger partial charge in [0.15, 0.2) is 0 Å². The Morgan fingerprint density at radius 1 is 1.00 bits per heavy atom. The molecule has 6 heteroatoms. The summed E-state index contributed by atoms with van der Waals surface area (Å²) in [5, 5.41) is 12.9. The number of esters is 1. The van der Waals surface area contributed by atoms with E-state index < -0.39 is 11.9 Å². The van der Waals surface area contributed by atoms with Crippen molar-refractivity contribution in [2.75, 3.05) is 0 Å². The van der Waals surface area contributed by atoms with Gasteiger partial charge in [-0.05, 0) is 53.4 Å². The van der Waals surface area contributed by atoms with Crippen LogP contribution in [-0.2, 0) is 6.42 Å². The van der Waals surface area contributed by atoms with Crippen LogP contribution in [0, 0.1) is 18.3 Å². The van der Waals surface area contributed by atoms with Gasteiger partial charge in [-0.25, -0.2) is 4.79 Å². The first-order chi connectivity index (χ1) is 18.5. The fraction of sp³-hybridized carbons (Fsp3) is 0.125. The van der Waals surface area contributed by atoms with Gasteiger partial charge in [0.2, 0.25) is 11.6 Å². The van der Waals surface area contributed by atoms with E-state index in [0.29, 0.717) is 16.9 Å². The molecule has 0 saturated heterocycles. The zero-order valence-electron chi connectivity index (χ0n) is 20.9. The van der Waals surface area contributed by atoms with Crippen molar-refractivity contribution in [3.63, 3.8) is 0 Å². The summed E-state index contributed by atoms with van der Waals surface area (Å²) >= 11 is 0. The second-order valence-electron chi connectivity index (χ2n) is 9.32. The van der Waals surface area contributed by atoms with Crippen molar-refractivity contribution in [1.29, 1.82) is 5.26 Å². The van der Waals surface area contributed by atoms with Gasteiger partial charge in [-0.2, -0.15) is 5.26 Å². The third-order valence-corrected chi connectivity index (χ3v) is 7.13. The number of fused-ring (bicyclic) bond motifs is 3. The molecular formula is C32H24N2O4. The van der Waals surface area contributed by atoms with E-state index in [9.17, 15) is 10.1 Å². The molecule has 2 heterocycles. The molecule has 38 heavy (non-hydrogen) atoms. The molecule has 6 rings (SSSR count). The molecule has 6 nitrogen and oxygen atoms in total. The molecule has 0 radical (unpaired) electrons. The average Bonchev–Trinajstić information content (AvgIpc) is 3.27. The molecule has 0 amide bonds. The maximum Gasteiger partial charge on any atom is 0.379 e. The van der Waals surface area contributed by atoms with E-state index in [2.05, 4.69) is 13.0 Å². The van der Waals surface area contributed by atoms with Crippen LogP contribution in [0.15, 0.2) is 94.7 Å². The predicted octanol–water partition coefficient (Wildman–Crippen LogP) is 6.89. The maximum atomic E-state index is 13.1. The number of carbonyl (C=O) groups is 1. The lowest BCUT2D eigenvalue weighted by Crippen LogP contribution is -2.21. The van der Waals surface area contributed by atoms with Gasteiger partial charge < -0.3 is 19.6 Å². The van der Waals surface area contributed by atoms with Crippen LogP contribution in [0.3, 0.4) is 0 Å². The van der Waals surface area contributed by atoms with Crippen molar-refractivity contribution in [3.05, 3.63) is 118 Å². The number of hydrogen-bond donors (Lipinski definition) is 1. The quantitative estimate of drug-likeness (QED) is 0.213. The molecule has 0 spiro atoms. The molecule has 1 atom stereocenters. The minimum Gasteiger partial charge on any atom is -0.449 e. The zero-order chi connectivity index (χ0) is 26.4. The summed E-state index contributed by atoms with van der Waals surface area (Å²) in [6.45, 7) is 3.93. The number of aryl methyl sites for hydroxylation is 2. The van der Waals surface area contributed by atoms with Gasteiger partial charge in [-0.3, -0.25) is 0 Å². The molecule has 1 aliphatic rings. The minimum atomic E-state index is -0.598. The molecule has 5 aromatic rings. The predicted molar refractivity (Wildman–Crippen MR) is 145 cm³/mol. The largest absolute Gasteiger partial charge is 0.449 e. The third kappa shape index (κ3) is 3.77. The fourth-order valence-electron chi connectivity index (χ4n) is 5.16. The number of hydrogen-bond acceptors (Lipinski definition) is 6. The Bertz CT molecular complexity index is 1820. The molecule has 1 aliphatic heterocycles. The van der Waals surface area contributed by atoms with Gasteiger partial charge in [0, 0.05) is 22.6 Å². The minimum absolute atomic E-state index is 0.0290. The first-order valence-corrected chi connectivity index (χ1v) is 12.4. The van der Waals surface area contributed by atoms with Crippen molar-refractivity contribution in [2.45, 2.75) is 26.2 Å². The highest BCUT2D eigenvalue weighted by molar-refractivity contribution is 5.97. The summed E-state index contributed by atoms with van der Waals surface area (Å²) in [7, 11) is 0. The van der Waals surface area contributed by atoms with E-state index in [4.69, 9.17) is 19.6 Å². The summed E-state index contributed by atoms with van der Waals surface area (Å²) in [6.07, 6.45) is 0.889. The Kier molecular flexibility index (Phi) is 5.62. The molecule has 0 fully saturated rings. The topological polar surface area (TPSA) is 98.5 Å². The Hall–Kier alpha value is -5.02. The van der Waals surface area contributed by atoms with Crippen LogP contribution in [0.2, 0.25) is 0 Å². The van der Waals surface area contributed by atoms with Crippen molar-refractivity contribution < 1.29 is 18.7 Å². The van der Waals surface area contributed by atoms with Crippen molar-refractivity contribution in [3.8, 4) is 17.6 Å². The van der Waals surface area contributed by atoms with Crippen LogP contribution in [0.1, 0.15) is 45.7 Å². The first-order valence-electron chi connectivity index (χ1n) is 12.4. The highest BCUT2D eigenvalue weighted by Crippen LogP contribution is 2.45. The van der Waals surface area contributed by atoms with Crippen LogP contribution in [0.4, 0.5) is 0 Å². The van der Waals surface area contributed by atoms with Crippen LogP contribution < -0.4 is 15.2 Å². The number of benzene rings is 4. The van der Waals surface area contributed by atoms with Crippen molar-refractivity contribution >= 4 is 27.7 Å². The van der Waals surface area contributed by atoms with E-state index >= 15 is 0 Å². The first kappa shape index (κ1) is 23.4. The molecule has 186 valence electrons. The maximum absolute atomic E-state index is 13.1. The number of rotatable bonds is 4. The van der Waals surface area contributed by atoms with Crippen molar-refractivity contribution in [1.82, 2.24) is 0 Å². The van der Waals surface area contributed by atoms with Gasteiger partial charge >= 0.3 is 5.97 Å². The molecule has 0 bridgehead atoms. The Labute approximate surface area is 219 Å². The lowest BCUT2D eigenvalue weighted by atomic mass is 9.81. The normalized spacial score (nSPS) is 14.7. The van der Waals surface area contributed by atoms with Crippen LogP contribution in [0.25, 0.3) is 21.7 Å². The molecule has 1 unspecified atom stereocenters. The SMILES string of the molecule is CCc1ccc2oc(C(=O)Oc3ccc4c(c3)OC(N)=C(C#N)C4c3cccc4ccccc34)c(C)c2c1. The smallest absolute Gasteiger partial charge is 0.379 e. The summed E-state index contributed by atoms with van der Waals surface area (Å²) in [5.41, 5.74) is 10.8. The second kappa shape index (κ2) is 9.13. The fourth-order valence-corrected chi connectivity index (χ4v) is 5.16. The third-order valence-electron chi connectivity index (χ3n) is 7.13.